The van der Waals surface area contributed by atoms with Gasteiger partial charge in [-0.3, -0.25) is 9.59 Å². The Kier molecular flexibility index (Phi) is 6.23. The van der Waals surface area contributed by atoms with Crippen LogP contribution in [0.25, 0.3) is 0 Å². The molecule has 0 bridgehead atoms. The predicted molar refractivity (Wildman–Crippen MR) is 133 cm³/mol. The molecule has 168 valence electrons. The van der Waals surface area contributed by atoms with E-state index in [1.807, 2.05) is 77.7 Å². The molecule has 33 heavy (non-hydrogen) atoms. The summed E-state index contributed by atoms with van der Waals surface area (Å²) in [4.78, 5) is 30.6. The monoisotopic (exact) mass is 456 g/mol. The molecule has 1 heterocycles. The molecule has 1 saturated carbocycles. The molecule has 1 aliphatic heterocycles. The van der Waals surface area contributed by atoms with Gasteiger partial charge >= 0.3 is 0 Å². The number of carbonyl (C=O) groups excluding carboxylic acids is 2. The van der Waals surface area contributed by atoms with Gasteiger partial charge < -0.3 is 10.2 Å². The van der Waals surface area contributed by atoms with Gasteiger partial charge in [0.1, 0.15) is 0 Å². The Balaban J connectivity index is 1.51. The number of nitrogens with one attached hydrogen (secondary N) is 1. The van der Waals surface area contributed by atoms with Crippen molar-refractivity contribution in [3.05, 3.63) is 89.5 Å². The largest absolute Gasteiger partial charge is 0.349 e. The van der Waals surface area contributed by atoms with E-state index in [2.05, 4.69) is 12.2 Å². The summed E-state index contributed by atoms with van der Waals surface area (Å²) < 4.78 is 0. The predicted octanol–water partition coefficient (Wildman–Crippen LogP) is 6.31. The zero-order valence-electron chi connectivity index (χ0n) is 18.8. The van der Waals surface area contributed by atoms with Crippen molar-refractivity contribution in [2.24, 2.45) is 5.92 Å². The van der Waals surface area contributed by atoms with Crippen LogP contribution >= 0.6 is 11.8 Å². The second kappa shape index (κ2) is 9.44. The van der Waals surface area contributed by atoms with Crippen LogP contribution < -0.4 is 10.2 Å². The molecule has 4 nitrogen and oxygen atoms in total. The molecule has 0 saturated heterocycles. The minimum atomic E-state index is -0.0598. The van der Waals surface area contributed by atoms with Crippen LogP contribution in [-0.2, 0) is 6.54 Å². The fraction of sp³-hybridized carbons (Fsp3) is 0.286. The van der Waals surface area contributed by atoms with Crippen molar-refractivity contribution in [3.8, 4) is 0 Å². The van der Waals surface area contributed by atoms with Crippen molar-refractivity contribution >= 4 is 29.3 Å². The van der Waals surface area contributed by atoms with E-state index in [0.717, 1.165) is 40.3 Å². The lowest BCUT2D eigenvalue weighted by Crippen LogP contribution is -2.41. The lowest BCUT2D eigenvalue weighted by atomic mass is 9.86. The van der Waals surface area contributed by atoms with Gasteiger partial charge in [0.05, 0.1) is 17.8 Å². The van der Waals surface area contributed by atoms with Crippen LogP contribution in [0.1, 0.15) is 58.9 Å². The number of fused-ring (bicyclic) bond motifs is 2. The molecule has 1 fully saturated rings. The highest BCUT2D eigenvalue weighted by molar-refractivity contribution is 7.99. The topological polar surface area (TPSA) is 49.4 Å². The number of benzene rings is 3. The molecule has 1 aliphatic carbocycles. The molecule has 0 radical (unpaired) electrons. The first-order valence-electron chi connectivity index (χ1n) is 11.7. The Morgan fingerprint density at radius 2 is 1.73 bits per heavy atom. The van der Waals surface area contributed by atoms with Crippen molar-refractivity contribution in [3.63, 3.8) is 0 Å². The zero-order valence-corrected chi connectivity index (χ0v) is 19.6. The Morgan fingerprint density at radius 3 is 2.55 bits per heavy atom. The fourth-order valence-electron chi connectivity index (χ4n) is 4.77. The van der Waals surface area contributed by atoms with Crippen LogP contribution in [-0.4, -0.2) is 17.9 Å². The third kappa shape index (κ3) is 4.55. The molecular weight excluding hydrogens is 428 g/mol. The van der Waals surface area contributed by atoms with Crippen molar-refractivity contribution in [1.82, 2.24) is 5.32 Å². The van der Waals surface area contributed by atoms with Gasteiger partial charge in [0, 0.05) is 21.4 Å². The number of amides is 2. The number of anilines is 1. The van der Waals surface area contributed by atoms with Crippen LogP contribution in [0.15, 0.2) is 82.6 Å². The smallest absolute Gasteiger partial charge is 0.259 e. The molecule has 2 amide bonds. The van der Waals surface area contributed by atoms with Crippen LogP contribution in [0.3, 0.4) is 0 Å². The molecule has 0 spiro atoms. The first-order chi connectivity index (χ1) is 16.1. The summed E-state index contributed by atoms with van der Waals surface area (Å²) in [6.45, 7) is 2.67. The molecular formula is C28H28N2O2S. The maximum atomic E-state index is 13.7. The van der Waals surface area contributed by atoms with Crippen LogP contribution in [0.2, 0.25) is 0 Å². The fourth-order valence-corrected chi connectivity index (χ4v) is 5.83. The number of hydrogen-bond donors (Lipinski definition) is 1. The van der Waals surface area contributed by atoms with Gasteiger partial charge in [-0.15, -0.1) is 0 Å². The molecule has 5 rings (SSSR count). The zero-order chi connectivity index (χ0) is 22.8. The molecule has 3 aromatic carbocycles. The van der Waals surface area contributed by atoms with Gasteiger partial charge in [0.15, 0.2) is 0 Å². The van der Waals surface area contributed by atoms with Crippen molar-refractivity contribution < 1.29 is 9.59 Å². The molecule has 2 unspecified atom stereocenters. The van der Waals surface area contributed by atoms with E-state index >= 15 is 0 Å². The quantitative estimate of drug-likeness (QED) is 0.501. The highest BCUT2D eigenvalue weighted by Crippen LogP contribution is 2.42. The summed E-state index contributed by atoms with van der Waals surface area (Å²) in [5.41, 5.74) is 3.13. The van der Waals surface area contributed by atoms with Crippen molar-refractivity contribution in [2.75, 3.05) is 4.90 Å². The first-order valence-corrected chi connectivity index (χ1v) is 12.5. The van der Waals surface area contributed by atoms with Crippen molar-refractivity contribution in [1.29, 1.82) is 0 Å². The van der Waals surface area contributed by atoms with Gasteiger partial charge in [-0.1, -0.05) is 74.0 Å². The number of carbonyl (C=O) groups is 2. The lowest BCUT2D eigenvalue weighted by molar-refractivity contribution is 0.0908. The first kappa shape index (κ1) is 21.8. The Hall–Kier alpha value is -3.05. The molecule has 3 aromatic rings. The van der Waals surface area contributed by atoms with Crippen LogP contribution in [0.4, 0.5) is 5.69 Å². The van der Waals surface area contributed by atoms with E-state index < -0.39 is 0 Å². The highest BCUT2D eigenvalue weighted by atomic mass is 32.2. The lowest BCUT2D eigenvalue weighted by Gasteiger charge is -2.29. The van der Waals surface area contributed by atoms with Crippen molar-refractivity contribution in [2.45, 2.75) is 55.0 Å². The third-order valence-corrected chi connectivity index (χ3v) is 7.85. The normalized spacial score (nSPS) is 19.9. The van der Waals surface area contributed by atoms with E-state index in [1.165, 1.54) is 6.42 Å². The summed E-state index contributed by atoms with van der Waals surface area (Å²) in [6, 6.07) is 23.7. The van der Waals surface area contributed by atoms with Gasteiger partial charge in [-0.2, -0.15) is 0 Å². The molecule has 2 atom stereocenters. The Labute approximate surface area is 199 Å². The minimum absolute atomic E-state index is 0.0424. The minimum Gasteiger partial charge on any atom is -0.349 e. The van der Waals surface area contributed by atoms with Crippen LogP contribution in [0.5, 0.6) is 0 Å². The van der Waals surface area contributed by atoms with E-state index in [4.69, 9.17) is 0 Å². The number of rotatable bonds is 4. The van der Waals surface area contributed by atoms with Crippen LogP contribution in [0, 0.1) is 5.92 Å². The van der Waals surface area contributed by atoms with Gasteiger partial charge in [-0.25, -0.2) is 0 Å². The maximum Gasteiger partial charge on any atom is 0.259 e. The summed E-state index contributed by atoms with van der Waals surface area (Å²) in [6.07, 6.45) is 4.58. The molecule has 2 aliphatic rings. The Morgan fingerprint density at radius 1 is 0.970 bits per heavy atom. The number of nitrogens with zero attached hydrogens (tertiary/aromatic N) is 1. The van der Waals surface area contributed by atoms with Gasteiger partial charge in [0.25, 0.3) is 11.8 Å². The average molecular weight is 457 g/mol. The van der Waals surface area contributed by atoms with E-state index in [0.29, 0.717) is 23.6 Å². The summed E-state index contributed by atoms with van der Waals surface area (Å²) in [7, 11) is 0. The standard InChI is InChI=1S/C28H28N2O2S/c1-19-9-5-7-13-23(19)29-27(31)21-15-16-26-24(17-21)30(18-20-10-3-2-4-11-20)28(32)22-12-6-8-14-25(22)33-26/h2-4,6,8,10-12,14-17,19,23H,5,7,9,13,18H2,1H3,(H,29,31). The van der Waals surface area contributed by atoms with E-state index in [1.54, 1.807) is 11.8 Å². The molecule has 0 aromatic heterocycles. The Bertz CT molecular complexity index is 1180. The third-order valence-electron chi connectivity index (χ3n) is 6.71. The van der Waals surface area contributed by atoms with E-state index in [-0.39, 0.29) is 17.9 Å². The van der Waals surface area contributed by atoms with Gasteiger partial charge in [0.2, 0.25) is 0 Å². The summed E-state index contributed by atoms with van der Waals surface area (Å²) in [5.74, 6) is 0.388. The average Bonchev–Trinajstić information content (AvgIpc) is 2.95. The molecule has 5 heteroatoms. The summed E-state index contributed by atoms with van der Waals surface area (Å²) in [5, 5.41) is 3.25. The molecule has 1 N–H and O–H groups in total. The van der Waals surface area contributed by atoms with Gasteiger partial charge in [-0.05, 0) is 54.7 Å². The SMILES string of the molecule is CC1CCCCC1NC(=O)c1ccc2c(c1)N(Cc1ccccc1)C(=O)c1ccccc1S2. The second-order valence-electron chi connectivity index (χ2n) is 9.00. The number of hydrogen-bond acceptors (Lipinski definition) is 3. The maximum absolute atomic E-state index is 13.7. The second-order valence-corrected chi connectivity index (χ2v) is 10.1. The summed E-state index contributed by atoms with van der Waals surface area (Å²) >= 11 is 1.58. The van der Waals surface area contributed by atoms with E-state index in [9.17, 15) is 9.59 Å². The highest BCUT2D eigenvalue weighted by Gasteiger charge is 2.29.